The highest BCUT2D eigenvalue weighted by atomic mass is 32.2. The van der Waals surface area contributed by atoms with Crippen LogP contribution < -0.4 is 4.72 Å². The van der Waals surface area contributed by atoms with Gasteiger partial charge in [-0.25, -0.2) is 13.1 Å². The molecule has 0 fully saturated rings. The molecular weight excluding hydrogens is 256 g/mol. The first-order valence-electron chi connectivity index (χ1n) is 5.19. The van der Waals surface area contributed by atoms with E-state index in [0.29, 0.717) is 16.5 Å². The number of aromatic amines is 1. The van der Waals surface area contributed by atoms with Gasteiger partial charge >= 0.3 is 5.97 Å². The Bertz CT molecular complexity index is 703. The van der Waals surface area contributed by atoms with Gasteiger partial charge in [-0.1, -0.05) is 6.07 Å². The Hall–Kier alpha value is -1.86. The maximum absolute atomic E-state index is 11.8. The second-order valence-corrected chi connectivity index (χ2v) is 5.67. The summed E-state index contributed by atoms with van der Waals surface area (Å²) in [6, 6.07) is 4.90. The molecule has 18 heavy (non-hydrogen) atoms. The molecule has 1 heterocycles. The van der Waals surface area contributed by atoms with Crippen molar-refractivity contribution >= 4 is 26.9 Å². The van der Waals surface area contributed by atoms with Crippen LogP contribution in [0.2, 0.25) is 0 Å². The molecule has 0 radical (unpaired) electrons. The van der Waals surface area contributed by atoms with Crippen LogP contribution in [0.1, 0.15) is 5.56 Å². The van der Waals surface area contributed by atoms with E-state index in [4.69, 9.17) is 5.11 Å². The summed E-state index contributed by atoms with van der Waals surface area (Å²) in [5, 5.41) is 9.22. The highest BCUT2D eigenvalue weighted by Crippen LogP contribution is 2.23. The molecule has 0 bridgehead atoms. The largest absolute Gasteiger partial charge is 0.481 e. The summed E-state index contributed by atoms with van der Waals surface area (Å²) in [6.07, 6.45) is 1.25. The average Bonchev–Trinajstić information content (AvgIpc) is 2.71. The van der Waals surface area contributed by atoms with Gasteiger partial charge in [0.05, 0.1) is 6.42 Å². The number of aromatic nitrogens is 1. The van der Waals surface area contributed by atoms with Crippen molar-refractivity contribution in [3.05, 3.63) is 30.0 Å². The summed E-state index contributed by atoms with van der Waals surface area (Å²) < 4.78 is 25.8. The van der Waals surface area contributed by atoms with Crippen LogP contribution in [0, 0.1) is 0 Å². The third kappa shape index (κ3) is 2.22. The number of aliphatic carboxylic acids is 1. The number of carboxylic acid groups (broad SMARTS) is 1. The number of benzene rings is 1. The number of hydrogen-bond acceptors (Lipinski definition) is 3. The van der Waals surface area contributed by atoms with E-state index in [2.05, 4.69) is 9.71 Å². The first-order valence-corrected chi connectivity index (χ1v) is 6.67. The van der Waals surface area contributed by atoms with Crippen LogP contribution in [-0.2, 0) is 21.2 Å². The monoisotopic (exact) mass is 268 g/mol. The molecule has 0 saturated carbocycles. The lowest BCUT2D eigenvalue weighted by Crippen LogP contribution is -2.18. The third-order valence-corrected chi connectivity index (χ3v) is 4.08. The average molecular weight is 268 g/mol. The zero-order valence-corrected chi connectivity index (χ0v) is 10.4. The van der Waals surface area contributed by atoms with Crippen molar-refractivity contribution in [3.63, 3.8) is 0 Å². The summed E-state index contributed by atoms with van der Waals surface area (Å²) in [7, 11) is -2.23. The van der Waals surface area contributed by atoms with Crippen LogP contribution in [0.25, 0.3) is 10.9 Å². The first-order chi connectivity index (χ1) is 8.44. The number of carboxylic acids is 1. The van der Waals surface area contributed by atoms with Gasteiger partial charge in [0.2, 0.25) is 10.0 Å². The Balaban J connectivity index is 2.60. The van der Waals surface area contributed by atoms with Gasteiger partial charge in [-0.2, -0.15) is 0 Å². The second kappa shape index (κ2) is 4.43. The Kier molecular flexibility index (Phi) is 3.10. The van der Waals surface area contributed by atoms with Gasteiger partial charge in [-0.3, -0.25) is 4.79 Å². The Morgan fingerprint density at radius 3 is 2.78 bits per heavy atom. The van der Waals surface area contributed by atoms with Crippen molar-refractivity contribution in [2.24, 2.45) is 0 Å². The number of fused-ring (bicyclic) bond motifs is 1. The highest BCUT2D eigenvalue weighted by molar-refractivity contribution is 7.89. The van der Waals surface area contributed by atoms with Gasteiger partial charge in [-0.05, 0) is 24.7 Å². The Morgan fingerprint density at radius 1 is 1.44 bits per heavy atom. The molecule has 0 spiro atoms. The van der Waals surface area contributed by atoms with Crippen molar-refractivity contribution in [2.75, 3.05) is 7.05 Å². The molecule has 0 saturated heterocycles. The molecule has 2 rings (SSSR count). The van der Waals surface area contributed by atoms with E-state index in [1.54, 1.807) is 18.2 Å². The standard InChI is InChI=1S/C11H12N2O4S/c1-12-18(16,17)10-6-13-9-3-2-7(4-8(9)10)5-11(14)15/h2-4,6,12-13H,5H2,1H3,(H,14,15). The molecule has 6 nitrogen and oxygen atoms in total. The van der Waals surface area contributed by atoms with E-state index in [1.165, 1.54) is 13.2 Å². The molecule has 1 aromatic carbocycles. The molecular formula is C11H12N2O4S. The van der Waals surface area contributed by atoms with Gasteiger partial charge in [0.15, 0.2) is 0 Å². The van der Waals surface area contributed by atoms with Crippen LogP contribution in [0.5, 0.6) is 0 Å². The fraction of sp³-hybridized carbons (Fsp3) is 0.182. The van der Waals surface area contributed by atoms with Crippen molar-refractivity contribution in [1.82, 2.24) is 9.71 Å². The summed E-state index contributed by atoms with van der Waals surface area (Å²) >= 11 is 0. The van der Waals surface area contributed by atoms with Gasteiger partial charge in [0.25, 0.3) is 0 Å². The predicted molar refractivity (Wildman–Crippen MR) is 65.9 cm³/mol. The smallest absolute Gasteiger partial charge is 0.307 e. The van der Waals surface area contributed by atoms with Crippen molar-refractivity contribution in [3.8, 4) is 0 Å². The quantitative estimate of drug-likeness (QED) is 0.760. The highest BCUT2D eigenvalue weighted by Gasteiger charge is 2.17. The maximum atomic E-state index is 11.8. The van der Waals surface area contributed by atoms with Gasteiger partial charge in [-0.15, -0.1) is 0 Å². The molecule has 96 valence electrons. The molecule has 0 atom stereocenters. The number of sulfonamides is 1. The lowest BCUT2D eigenvalue weighted by atomic mass is 10.1. The van der Waals surface area contributed by atoms with Crippen molar-refractivity contribution in [1.29, 1.82) is 0 Å². The van der Waals surface area contributed by atoms with Crippen LogP contribution in [0.15, 0.2) is 29.3 Å². The molecule has 0 aliphatic carbocycles. The fourth-order valence-corrected chi connectivity index (χ4v) is 2.65. The molecule has 3 N–H and O–H groups in total. The fourth-order valence-electron chi connectivity index (χ4n) is 1.76. The minimum atomic E-state index is -3.56. The normalized spacial score (nSPS) is 11.8. The Labute approximate surface area is 104 Å². The zero-order valence-electron chi connectivity index (χ0n) is 9.60. The van der Waals surface area contributed by atoms with Crippen molar-refractivity contribution < 1.29 is 18.3 Å². The van der Waals surface area contributed by atoms with Crippen LogP contribution in [0.3, 0.4) is 0 Å². The minimum Gasteiger partial charge on any atom is -0.481 e. The molecule has 1 aromatic heterocycles. The third-order valence-electron chi connectivity index (χ3n) is 2.62. The van der Waals surface area contributed by atoms with E-state index >= 15 is 0 Å². The number of rotatable bonds is 4. The van der Waals surface area contributed by atoms with E-state index in [1.807, 2.05) is 0 Å². The summed E-state index contributed by atoms with van der Waals surface area (Å²) in [6.45, 7) is 0. The van der Waals surface area contributed by atoms with E-state index in [0.717, 1.165) is 0 Å². The Morgan fingerprint density at radius 2 is 2.17 bits per heavy atom. The topological polar surface area (TPSA) is 99.3 Å². The molecule has 0 unspecified atom stereocenters. The second-order valence-electron chi connectivity index (χ2n) is 3.81. The SMILES string of the molecule is CNS(=O)(=O)c1c[nH]c2ccc(CC(=O)O)cc12. The lowest BCUT2D eigenvalue weighted by Gasteiger charge is -2.02. The van der Waals surface area contributed by atoms with Gasteiger partial charge in [0, 0.05) is 17.1 Å². The van der Waals surface area contributed by atoms with E-state index < -0.39 is 16.0 Å². The molecule has 0 aliphatic rings. The van der Waals surface area contributed by atoms with E-state index in [-0.39, 0.29) is 11.3 Å². The van der Waals surface area contributed by atoms with Gasteiger partial charge < -0.3 is 10.1 Å². The van der Waals surface area contributed by atoms with E-state index in [9.17, 15) is 13.2 Å². The summed E-state index contributed by atoms with van der Waals surface area (Å²) in [4.78, 5) is 13.6. The number of carbonyl (C=O) groups is 1. The number of nitrogens with one attached hydrogen (secondary N) is 2. The predicted octanol–water partition coefficient (Wildman–Crippen LogP) is 0.703. The van der Waals surface area contributed by atoms with Gasteiger partial charge in [0.1, 0.15) is 4.90 Å². The minimum absolute atomic E-state index is 0.118. The van der Waals surface area contributed by atoms with Crippen LogP contribution >= 0.6 is 0 Å². The number of hydrogen-bond donors (Lipinski definition) is 3. The molecule has 7 heteroatoms. The summed E-state index contributed by atoms with van der Waals surface area (Å²) in [5.41, 5.74) is 1.21. The van der Waals surface area contributed by atoms with Crippen LogP contribution in [0.4, 0.5) is 0 Å². The first kappa shape index (κ1) is 12.6. The number of H-pyrrole nitrogens is 1. The molecule has 0 amide bonds. The van der Waals surface area contributed by atoms with Crippen molar-refractivity contribution in [2.45, 2.75) is 11.3 Å². The lowest BCUT2D eigenvalue weighted by molar-refractivity contribution is -0.136. The molecule has 2 aromatic rings. The van der Waals surface area contributed by atoms with Crippen LogP contribution in [-0.4, -0.2) is 31.5 Å². The zero-order chi connectivity index (χ0) is 13.3. The maximum Gasteiger partial charge on any atom is 0.307 e. The molecule has 0 aliphatic heterocycles. The summed E-state index contributed by atoms with van der Waals surface area (Å²) in [5.74, 6) is -0.956.